The molecule has 1 aromatic heterocycles. The van der Waals surface area contributed by atoms with Crippen molar-refractivity contribution < 1.29 is 4.79 Å². The lowest BCUT2D eigenvalue weighted by molar-refractivity contribution is -0.131. The molecule has 2 saturated heterocycles. The topological polar surface area (TPSA) is 62.5 Å². The maximum absolute atomic E-state index is 12.3. The van der Waals surface area contributed by atoms with Crippen LogP contribution in [0.25, 0.3) is 10.2 Å². The lowest BCUT2D eigenvalue weighted by Gasteiger charge is -2.31. The number of hydrogen-bond donors (Lipinski definition) is 1. The molecule has 1 aromatic carbocycles. The molecular weight excluding hydrogens is 424 g/mol. The zero-order chi connectivity index (χ0) is 20.2. The lowest BCUT2D eigenvalue weighted by atomic mass is 9.97. The number of hydrogen-bond acceptors (Lipinski definition) is 6. The quantitative estimate of drug-likeness (QED) is 0.639. The van der Waals surface area contributed by atoms with Crippen LogP contribution < -0.4 is 5.73 Å². The van der Waals surface area contributed by atoms with Crippen molar-refractivity contribution in [3.63, 3.8) is 0 Å². The van der Waals surface area contributed by atoms with Gasteiger partial charge in [0.2, 0.25) is 5.91 Å². The standard InChI is InChI=1S/C21H29ClN4OS2/c22-16-4-5-19-18(13-16)24-20(29-19)15-6-9-25(10-7-15)8-2-1-3-17(23)21(27)26-11-12-28-14-26/h4-5,13,15,17H,1-3,6-12,14,23H2/t17-/m0/s1. The first-order valence-electron chi connectivity index (χ1n) is 10.5. The first-order chi connectivity index (χ1) is 14.1. The molecular formula is C21H29ClN4OS2. The maximum atomic E-state index is 12.3. The minimum atomic E-state index is -0.327. The number of thioether (sulfide) groups is 1. The van der Waals surface area contributed by atoms with Crippen LogP contribution in [0.2, 0.25) is 5.02 Å². The molecule has 5 nitrogen and oxygen atoms in total. The molecule has 29 heavy (non-hydrogen) atoms. The highest BCUT2D eigenvalue weighted by Crippen LogP contribution is 2.34. The van der Waals surface area contributed by atoms with Gasteiger partial charge in [0.15, 0.2) is 0 Å². The Hall–Kier alpha value is -0.860. The monoisotopic (exact) mass is 452 g/mol. The summed E-state index contributed by atoms with van der Waals surface area (Å²) in [6.45, 7) is 4.20. The van der Waals surface area contributed by atoms with E-state index in [1.54, 1.807) is 0 Å². The van der Waals surface area contributed by atoms with Crippen LogP contribution >= 0.6 is 34.7 Å². The molecule has 3 heterocycles. The largest absolute Gasteiger partial charge is 0.331 e. The van der Waals surface area contributed by atoms with Gasteiger partial charge in [-0.2, -0.15) is 0 Å². The van der Waals surface area contributed by atoms with E-state index in [9.17, 15) is 4.79 Å². The van der Waals surface area contributed by atoms with E-state index in [2.05, 4.69) is 11.0 Å². The van der Waals surface area contributed by atoms with Gasteiger partial charge in [0.25, 0.3) is 0 Å². The lowest BCUT2D eigenvalue weighted by Crippen LogP contribution is -2.42. The van der Waals surface area contributed by atoms with Crippen molar-refractivity contribution in [2.24, 2.45) is 5.73 Å². The average molecular weight is 453 g/mol. The number of carbonyl (C=O) groups excluding carboxylic acids is 1. The minimum absolute atomic E-state index is 0.132. The highest BCUT2D eigenvalue weighted by Gasteiger charge is 2.25. The van der Waals surface area contributed by atoms with Crippen LogP contribution in [0.1, 0.15) is 43.0 Å². The summed E-state index contributed by atoms with van der Waals surface area (Å²) < 4.78 is 1.23. The third-order valence-electron chi connectivity index (χ3n) is 5.92. The van der Waals surface area contributed by atoms with Crippen LogP contribution in [-0.4, -0.2) is 64.5 Å². The van der Waals surface area contributed by atoms with Crippen molar-refractivity contribution >= 4 is 50.8 Å². The number of fused-ring (bicyclic) bond motifs is 1. The van der Waals surface area contributed by atoms with Crippen LogP contribution in [0.4, 0.5) is 0 Å². The summed E-state index contributed by atoms with van der Waals surface area (Å²) >= 11 is 9.71. The summed E-state index contributed by atoms with van der Waals surface area (Å²) in [5.41, 5.74) is 7.14. The van der Waals surface area contributed by atoms with Crippen molar-refractivity contribution in [2.75, 3.05) is 37.8 Å². The summed E-state index contributed by atoms with van der Waals surface area (Å²) in [5.74, 6) is 2.54. The molecule has 158 valence electrons. The number of rotatable bonds is 7. The fraction of sp³-hybridized carbons (Fsp3) is 0.619. The third-order valence-corrected chi connectivity index (χ3v) is 8.32. The van der Waals surface area contributed by atoms with E-state index in [1.807, 2.05) is 40.1 Å². The van der Waals surface area contributed by atoms with Gasteiger partial charge >= 0.3 is 0 Å². The number of aromatic nitrogens is 1. The van der Waals surface area contributed by atoms with E-state index in [1.165, 1.54) is 9.71 Å². The van der Waals surface area contributed by atoms with Gasteiger partial charge in [-0.25, -0.2) is 4.98 Å². The normalized spacial score (nSPS) is 19.9. The van der Waals surface area contributed by atoms with Gasteiger partial charge in [-0.05, 0) is 63.5 Å². The number of unbranched alkanes of at least 4 members (excludes halogenated alkanes) is 1. The van der Waals surface area contributed by atoms with E-state index >= 15 is 0 Å². The molecule has 1 atom stereocenters. The van der Waals surface area contributed by atoms with E-state index in [-0.39, 0.29) is 11.9 Å². The van der Waals surface area contributed by atoms with Gasteiger partial charge in [-0.3, -0.25) is 4.79 Å². The summed E-state index contributed by atoms with van der Waals surface area (Å²) in [7, 11) is 0. The molecule has 1 amide bonds. The number of benzene rings is 1. The Balaban J connectivity index is 1.16. The molecule has 2 aliphatic rings. The predicted octanol–water partition coefficient (Wildman–Crippen LogP) is 4.16. The second-order valence-corrected chi connectivity index (χ2v) is 10.6. The molecule has 0 bridgehead atoms. The summed E-state index contributed by atoms with van der Waals surface area (Å²) in [5, 5.41) is 2.01. The molecule has 0 aliphatic carbocycles. The van der Waals surface area contributed by atoms with E-state index < -0.39 is 0 Å². The molecule has 4 rings (SSSR count). The molecule has 2 aromatic rings. The summed E-state index contributed by atoms with van der Waals surface area (Å²) in [6.07, 6.45) is 5.26. The smallest absolute Gasteiger partial charge is 0.240 e. The SMILES string of the molecule is N[C@@H](CCCCN1CCC(c2nc3cc(Cl)ccc3s2)CC1)C(=O)N1CCSC1. The molecule has 0 spiro atoms. The Kier molecular flexibility index (Phi) is 7.34. The predicted molar refractivity (Wildman–Crippen MR) is 124 cm³/mol. The maximum Gasteiger partial charge on any atom is 0.240 e. The Morgan fingerprint density at radius 2 is 2.10 bits per heavy atom. The Labute approximate surface area is 186 Å². The molecule has 0 unspecified atom stereocenters. The minimum Gasteiger partial charge on any atom is -0.331 e. The van der Waals surface area contributed by atoms with Gasteiger partial charge in [0.05, 0.1) is 27.1 Å². The molecule has 2 fully saturated rings. The zero-order valence-corrected chi connectivity index (χ0v) is 19.1. The summed E-state index contributed by atoms with van der Waals surface area (Å²) in [4.78, 5) is 21.5. The fourth-order valence-corrected chi connectivity index (χ4v) is 6.38. The zero-order valence-electron chi connectivity index (χ0n) is 16.7. The number of amides is 1. The second kappa shape index (κ2) is 9.96. The van der Waals surface area contributed by atoms with Crippen molar-refractivity contribution in [3.8, 4) is 0 Å². The number of piperidine rings is 1. The molecule has 0 radical (unpaired) electrons. The first kappa shape index (κ1) is 21.4. The van der Waals surface area contributed by atoms with Crippen molar-refractivity contribution in [3.05, 3.63) is 28.2 Å². The highest BCUT2D eigenvalue weighted by atomic mass is 35.5. The number of nitrogens with two attached hydrogens (primary N) is 1. The van der Waals surface area contributed by atoms with Crippen LogP contribution in [-0.2, 0) is 4.79 Å². The van der Waals surface area contributed by atoms with Crippen LogP contribution in [0, 0.1) is 0 Å². The van der Waals surface area contributed by atoms with Crippen molar-refractivity contribution in [1.82, 2.24) is 14.8 Å². The number of nitrogens with zero attached hydrogens (tertiary/aromatic N) is 3. The second-order valence-electron chi connectivity index (χ2n) is 8.02. The number of carbonyl (C=O) groups is 1. The van der Waals surface area contributed by atoms with Crippen LogP contribution in [0.15, 0.2) is 18.2 Å². The molecule has 2 aliphatic heterocycles. The van der Waals surface area contributed by atoms with Gasteiger partial charge in [-0.15, -0.1) is 23.1 Å². The van der Waals surface area contributed by atoms with Crippen LogP contribution in [0.5, 0.6) is 0 Å². The van der Waals surface area contributed by atoms with Gasteiger partial charge < -0.3 is 15.5 Å². The third kappa shape index (κ3) is 5.44. The van der Waals surface area contributed by atoms with Crippen LogP contribution in [0.3, 0.4) is 0 Å². The Morgan fingerprint density at radius 1 is 1.28 bits per heavy atom. The first-order valence-corrected chi connectivity index (χ1v) is 12.9. The van der Waals surface area contributed by atoms with Gasteiger partial charge in [0, 0.05) is 23.2 Å². The van der Waals surface area contributed by atoms with Gasteiger partial charge in [-0.1, -0.05) is 18.0 Å². The number of likely N-dealkylation sites (tertiary alicyclic amines) is 1. The summed E-state index contributed by atoms with van der Waals surface area (Å²) in [6, 6.07) is 5.65. The van der Waals surface area contributed by atoms with E-state index in [0.717, 1.165) is 80.5 Å². The fourth-order valence-electron chi connectivity index (χ4n) is 4.14. The molecule has 0 saturated carbocycles. The molecule has 8 heteroatoms. The highest BCUT2D eigenvalue weighted by molar-refractivity contribution is 7.99. The number of thiazole rings is 1. The van der Waals surface area contributed by atoms with Gasteiger partial charge in [0.1, 0.15) is 0 Å². The van der Waals surface area contributed by atoms with E-state index in [4.69, 9.17) is 22.3 Å². The Bertz CT molecular complexity index is 831. The Morgan fingerprint density at radius 3 is 2.86 bits per heavy atom. The van der Waals surface area contributed by atoms with Crippen molar-refractivity contribution in [1.29, 1.82) is 0 Å². The molecule has 2 N–H and O–H groups in total. The van der Waals surface area contributed by atoms with Crippen molar-refractivity contribution in [2.45, 2.75) is 44.1 Å². The number of halogens is 1. The average Bonchev–Trinajstić information content (AvgIpc) is 3.40. The van der Waals surface area contributed by atoms with E-state index in [0.29, 0.717) is 5.92 Å².